The van der Waals surface area contributed by atoms with Crippen LogP contribution < -0.4 is 14.8 Å². The zero-order valence-electron chi connectivity index (χ0n) is 16.0. The zero-order valence-corrected chi connectivity index (χ0v) is 16.8. The van der Waals surface area contributed by atoms with Gasteiger partial charge in [-0.15, -0.1) is 9.32 Å². The first-order valence-corrected chi connectivity index (χ1v) is 10.2. The van der Waals surface area contributed by atoms with Crippen molar-refractivity contribution in [2.24, 2.45) is 29.1 Å². The van der Waals surface area contributed by atoms with Crippen LogP contribution in [0.3, 0.4) is 0 Å². The maximum atomic E-state index is 12.8. The van der Waals surface area contributed by atoms with E-state index in [1.807, 2.05) is 12.1 Å². The van der Waals surface area contributed by atoms with E-state index in [9.17, 15) is 10.1 Å². The SMILES string of the molecule is COc1cc2c(cc1OSOON)CCC1C2CC[C@]2(C)C(=O)C(C#N)CC12. The monoisotopic (exact) mass is 404 g/mol. The number of carbonyl (C=O) groups is 1. The lowest BCUT2D eigenvalue weighted by atomic mass is 9.55. The molecule has 0 radical (unpaired) electrons. The molecule has 2 N–H and O–H groups in total. The van der Waals surface area contributed by atoms with Gasteiger partial charge in [0.15, 0.2) is 17.3 Å². The highest BCUT2D eigenvalue weighted by Crippen LogP contribution is 2.61. The second-order valence-corrected chi connectivity index (χ2v) is 8.61. The molecule has 4 rings (SSSR count). The van der Waals surface area contributed by atoms with Crippen LogP contribution in [0.15, 0.2) is 12.1 Å². The fraction of sp³-hybridized carbons (Fsp3) is 0.600. The van der Waals surface area contributed by atoms with Gasteiger partial charge in [-0.25, -0.2) is 0 Å². The summed E-state index contributed by atoms with van der Waals surface area (Å²) in [6, 6.07) is 6.28. The van der Waals surface area contributed by atoms with E-state index in [1.165, 1.54) is 11.1 Å². The van der Waals surface area contributed by atoms with E-state index in [1.54, 1.807) is 7.11 Å². The van der Waals surface area contributed by atoms with Gasteiger partial charge in [0.05, 0.1) is 13.2 Å². The summed E-state index contributed by atoms with van der Waals surface area (Å²) in [5.41, 5.74) is 2.16. The summed E-state index contributed by atoms with van der Waals surface area (Å²) < 4.78 is 15.5. The van der Waals surface area contributed by atoms with Crippen molar-refractivity contribution < 1.29 is 23.0 Å². The molecule has 0 aromatic heterocycles. The fourth-order valence-electron chi connectivity index (χ4n) is 5.80. The van der Waals surface area contributed by atoms with E-state index in [4.69, 9.17) is 14.8 Å². The van der Waals surface area contributed by atoms with Gasteiger partial charge in [0, 0.05) is 5.41 Å². The van der Waals surface area contributed by atoms with Gasteiger partial charge in [0.25, 0.3) is 12.3 Å². The Morgan fingerprint density at radius 3 is 2.86 bits per heavy atom. The molecule has 7 nitrogen and oxygen atoms in total. The lowest BCUT2D eigenvalue weighted by Gasteiger charge is -2.48. The predicted molar refractivity (Wildman–Crippen MR) is 102 cm³/mol. The molecule has 0 bridgehead atoms. The van der Waals surface area contributed by atoms with E-state index in [-0.39, 0.29) is 17.1 Å². The van der Waals surface area contributed by atoms with Crippen LogP contribution in [0, 0.1) is 34.5 Å². The number of ketones is 1. The normalized spacial score (nSPS) is 33.4. The quantitative estimate of drug-likeness (QED) is 0.343. The molecule has 0 saturated heterocycles. The van der Waals surface area contributed by atoms with Gasteiger partial charge in [-0.05, 0) is 73.1 Å². The van der Waals surface area contributed by atoms with Crippen molar-refractivity contribution in [2.75, 3.05) is 7.11 Å². The number of hydrogen-bond acceptors (Lipinski definition) is 8. The molecule has 8 heteroatoms. The molecule has 3 aliphatic rings. The Kier molecular flexibility index (Phi) is 5.27. The third kappa shape index (κ3) is 2.98. The minimum atomic E-state index is -0.442. The van der Waals surface area contributed by atoms with Gasteiger partial charge in [-0.2, -0.15) is 11.2 Å². The van der Waals surface area contributed by atoms with Crippen LogP contribution in [0.2, 0.25) is 0 Å². The van der Waals surface area contributed by atoms with Crippen molar-refractivity contribution >= 4 is 18.1 Å². The second kappa shape index (κ2) is 7.56. The molecule has 2 fully saturated rings. The number of nitrogens with two attached hydrogens (primary N) is 1. The molecule has 28 heavy (non-hydrogen) atoms. The number of methoxy groups -OCH3 is 1. The van der Waals surface area contributed by atoms with Crippen molar-refractivity contribution in [1.82, 2.24) is 0 Å². The first kappa shape index (κ1) is 19.5. The minimum absolute atomic E-state index is 0.157. The van der Waals surface area contributed by atoms with Crippen molar-refractivity contribution in [3.8, 4) is 17.6 Å². The fourth-order valence-corrected chi connectivity index (χ4v) is 6.06. The molecule has 0 heterocycles. The molecule has 0 aliphatic heterocycles. The van der Waals surface area contributed by atoms with E-state index in [2.05, 4.69) is 22.3 Å². The topological polar surface area (TPSA) is 104 Å². The highest BCUT2D eigenvalue weighted by atomic mass is 32.2. The third-order valence-corrected chi connectivity index (χ3v) is 7.50. The number of rotatable bonds is 5. The van der Waals surface area contributed by atoms with Crippen LogP contribution in [0.25, 0.3) is 0 Å². The van der Waals surface area contributed by atoms with Crippen LogP contribution in [0.4, 0.5) is 0 Å². The Hall–Kier alpha value is -1.79. The maximum Gasteiger partial charge on any atom is 0.260 e. The summed E-state index contributed by atoms with van der Waals surface area (Å²) in [5, 5.41) is 9.41. The lowest BCUT2D eigenvalue weighted by molar-refractivity contribution is -0.199. The van der Waals surface area contributed by atoms with E-state index in [0.717, 1.165) is 25.7 Å². The van der Waals surface area contributed by atoms with Gasteiger partial charge < -0.3 is 8.92 Å². The Balaban J connectivity index is 1.64. The number of nitrogens with zero attached hydrogens (tertiary/aromatic N) is 1. The smallest absolute Gasteiger partial charge is 0.260 e. The van der Waals surface area contributed by atoms with Crippen LogP contribution in [-0.2, 0) is 20.5 Å². The number of hydrogen-bond donors (Lipinski definition) is 1. The number of Topliss-reactive ketones (excluding diaryl/α,β-unsaturated/α-hetero) is 1. The van der Waals surface area contributed by atoms with E-state index >= 15 is 0 Å². The molecule has 2 saturated carbocycles. The number of carbonyl (C=O) groups excluding carboxylic acids is 1. The first-order chi connectivity index (χ1) is 13.5. The average molecular weight is 404 g/mol. The highest BCUT2D eigenvalue weighted by Gasteiger charge is 2.58. The third-order valence-electron chi connectivity index (χ3n) is 7.11. The predicted octanol–water partition coefficient (Wildman–Crippen LogP) is 3.63. The molecular weight excluding hydrogens is 380 g/mol. The van der Waals surface area contributed by atoms with Crippen LogP contribution in [-0.4, -0.2) is 12.9 Å². The van der Waals surface area contributed by atoms with Gasteiger partial charge in [-0.1, -0.05) is 6.92 Å². The Labute approximate surface area is 168 Å². The summed E-state index contributed by atoms with van der Waals surface area (Å²) in [7, 11) is 1.60. The van der Waals surface area contributed by atoms with Gasteiger partial charge in [0.1, 0.15) is 5.92 Å². The standard InChI is InChI=1S/C20H24N2O5S/c1-20-6-5-13-14(16(20)7-12(10-21)19(20)23)4-3-11-8-18(25-28-27-26-22)17(24-2)9-15(11)13/h8-9,12-14,16H,3-7,22H2,1-2H3/t12?,13?,14?,16?,20-/m0/s1. The molecule has 1 aromatic carbocycles. The van der Waals surface area contributed by atoms with Gasteiger partial charge >= 0.3 is 0 Å². The van der Waals surface area contributed by atoms with E-state index < -0.39 is 5.92 Å². The number of fused-ring (bicyclic) bond motifs is 5. The number of aryl methyl sites for hydroxylation is 1. The maximum absolute atomic E-state index is 12.8. The summed E-state index contributed by atoms with van der Waals surface area (Å²) in [6.45, 7) is 2.08. The summed E-state index contributed by atoms with van der Waals surface area (Å²) in [6.07, 6.45) is 4.43. The highest BCUT2D eigenvalue weighted by molar-refractivity contribution is 7.90. The average Bonchev–Trinajstić information content (AvgIpc) is 2.98. The minimum Gasteiger partial charge on any atom is -0.493 e. The molecule has 150 valence electrons. The molecule has 0 spiro atoms. The lowest BCUT2D eigenvalue weighted by Crippen LogP contribution is -2.42. The Morgan fingerprint density at radius 1 is 1.32 bits per heavy atom. The van der Waals surface area contributed by atoms with Crippen molar-refractivity contribution in [2.45, 2.75) is 44.9 Å². The molecule has 0 amide bonds. The number of ether oxygens (including phenoxy) is 1. The number of nitriles is 1. The summed E-state index contributed by atoms with van der Waals surface area (Å²) >= 11 is 0.629. The largest absolute Gasteiger partial charge is 0.493 e. The van der Waals surface area contributed by atoms with Crippen LogP contribution in [0.1, 0.15) is 49.7 Å². The zero-order chi connectivity index (χ0) is 19.9. The summed E-state index contributed by atoms with van der Waals surface area (Å²) in [4.78, 5) is 16.8. The Morgan fingerprint density at radius 2 is 2.14 bits per heavy atom. The van der Waals surface area contributed by atoms with Gasteiger partial charge in [-0.3, -0.25) is 4.79 Å². The van der Waals surface area contributed by atoms with Crippen molar-refractivity contribution in [3.05, 3.63) is 23.3 Å². The summed E-state index contributed by atoms with van der Waals surface area (Å²) in [5.74, 6) is 6.81. The van der Waals surface area contributed by atoms with E-state index in [0.29, 0.717) is 42.1 Å². The van der Waals surface area contributed by atoms with Crippen LogP contribution in [0.5, 0.6) is 11.5 Å². The first-order valence-electron chi connectivity index (χ1n) is 9.55. The van der Waals surface area contributed by atoms with Gasteiger partial charge in [0.2, 0.25) is 0 Å². The molecule has 4 unspecified atom stereocenters. The van der Waals surface area contributed by atoms with Crippen molar-refractivity contribution in [3.63, 3.8) is 0 Å². The molecule has 1 aromatic rings. The molecule has 5 atom stereocenters. The number of benzene rings is 1. The van der Waals surface area contributed by atoms with Crippen LogP contribution >= 0.6 is 12.3 Å². The Bertz CT molecular complexity index is 826. The second-order valence-electron chi connectivity index (χ2n) is 8.17. The molecular formula is C20H24N2O5S. The molecule has 3 aliphatic carbocycles. The van der Waals surface area contributed by atoms with Crippen molar-refractivity contribution in [1.29, 1.82) is 5.26 Å².